The van der Waals surface area contributed by atoms with E-state index in [-0.39, 0.29) is 0 Å². The van der Waals surface area contributed by atoms with Crippen molar-refractivity contribution < 1.29 is 4.74 Å². The number of ether oxygens (including phenoxy) is 1. The van der Waals surface area contributed by atoms with E-state index in [0.29, 0.717) is 0 Å². The third-order valence-electron chi connectivity index (χ3n) is 2.90. The van der Waals surface area contributed by atoms with E-state index in [4.69, 9.17) is 4.74 Å². The lowest BCUT2D eigenvalue weighted by atomic mass is 10.1. The van der Waals surface area contributed by atoms with Crippen LogP contribution in [0, 0.1) is 0 Å². The lowest BCUT2D eigenvalue weighted by Crippen LogP contribution is -1.98. The van der Waals surface area contributed by atoms with Gasteiger partial charge in [-0.15, -0.1) is 10.2 Å². The smallest absolute Gasteiger partial charge is 0.206 e. The van der Waals surface area contributed by atoms with Gasteiger partial charge in [-0.3, -0.25) is 0 Å². The number of anilines is 1. The van der Waals surface area contributed by atoms with Gasteiger partial charge in [0, 0.05) is 13.0 Å². The molecular formula is C13H15N3OS. The highest BCUT2D eigenvalue weighted by molar-refractivity contribution is 7.18. The molecule has 1 aromatic heterocycles. The summed E-state index contributed by atoms with van der Waals surface area (Å²) in [6.45, 7) is 3.83. The Morgan fingerprint density at radius 2 is 2.33 bits per heavy atom. The van der Waals surface area contributed by atoms with Crippen molar-refractivity contribution in [2.24, 2.45) is 0 Å². The number of nitrogens with zero attached hydrogens (tertiary/aromatic N) is 2. The first-order valence-electron chi connectivity index (χ1n) is 6.21. The number of hydrogen-bond acceptors (Lipinski definition) is 5. The van der Waals surface area contributed by atoms with Crippen molar-refractivity contribution >= 4 is 16.5 Å². The van der Waals surface area contributed by atoms with E-state index < -0.39 is 0 Å². The van der Waals surface area contributed by atoms with Gasteiger partial charge in [0.25, 0.3) is 0 Å². The maximum Gasteiger partial charge on any atom is 0.206 e. The predicted molar refractivity (Wildman–Crippen MR) is 73.3 cm³/mol. The van der Waals surface area contributed by atoms with E-state index in [2.05, 4.69) is 34.6 Å². The normalized spacial score (nSPS) is 13.2. The molecule has 2 aromatic rings. The van der Waals surface area contributed by atoms with Crippen molar-refractivity contribution in [2.45, 2.75) is 19.8 Å². The lowest BCUT2D eigenvalue weighted by Gasteiger charge is -2.03. The van der Waals surface area contributed by atoms with Gasteiger partial charge < -0.3 is 10.1 Å². The molecule has 0 bridgehead atoms. The van der Waals surface area contributed by atoms with Crippen LogP contribution in [0.3, 0.4) is 0 Å². The second-order valence-electron chi connectivity index (χ2n) is 4.23. The Hall–Kier alpha value is -1.62. The fourth-order valence-corrected chi connectivity index (χ4v) is 2.81. The largest absolute Gasteiger partial charge is 0.492 e. The summed E-state index contributed by atoms with van der Waals surface area (Å²) in [4.78, 5) is 0. The van der Waals surface area contributed by atoms with E-state index in [1.165, 1.54) is 5.56 Å². The van der Waals surface area contributed by atoms with Crippen LogP contribution in [-0.4, -0.2) is 23.3 Å². The van der Waals surface area contributed by atoms with Gasteiger partial charge in [-0.2, -0.15) is 0 Å². The first-order chi connectivity index (χ1) is 8.88. The number of hydrogen-bond donors (Lipinski definition) is 1. The summed E-state index contributed by atoms with van der Waals surface area (Å²) in [6.07, 6.45) is 2.07. The van der Waals surface area contributed by atoms with Crippen molar-refractivity contribution in [3.8, 4) is 16.3 Å². The average Bonchev–Trinajstić information content (AvgIpc) is 3.04. The molecule has 3 rings (SSSR count). The Labute approximate surface area is 110 Å². The van der Waals surface area contributed by atoms with Crippen LogP contribution in [0.2, 0.25) is 0 Å². The summed E-state index contributed by atoms with van der Waals surface area (Å²) in [7, 11) is 0. The van der Waals surface area contributed by atoms with E-state index in [1.807, 2.05) is 6.07 Å². The Bertz CT molecular complexity index is 553. The van der Waals surface area contributed by atoms with Gasteiger partial charge in [0.1, 0.15) is 5.75 Å². The second kappa shape index (κ2) is 4.94. The van der Waals surface area contributed by atoms with Crippen molar-refractivity contribution in [1.29, 1.82) is 0 Å². The van der Waals surface area contributed by atoms with Crippen molar-refractivity contribution in [2.75, 3.05) is 18.5 Å². The number of benzene rings is 1. The predicted octanol–water partition coefficient (Wildman–Crippen LogP) is 2.96. The molecule has 1 aliphatic heterocycles. The minimum atomic E-state index is 0.770. The molecule has 0 radical (unpaired) electrons. The fraction of sp³-hybridized carbons (Fsp3) is 0.385. The van der Waals surface area contributed by atoms with Gasteiger partial charge in [-0.1, -0.05) is 30.4 Å². The topological polar surface area (TPSA) is 47.0 Å². The molecule has 0 saturated heterocycles. The van der Waals surface area contributed by atoms with E-state index in [0.717, 1.165) is 47.4 Å². The van der Waals surface area contributed by atoms with Gasteiger partial charge >= 0.3 is 0 Å². The van der Waals surface area contributed by atoms with Crippen LogP contribution in [0.25, 0.3) is 10.6 Å². The van der Waals surface area contributed by atoms with Crippen LogP contribution in [0.4, 0.5) is 5.13 Å². The quantitative estimate of drug-likeness (QED) is 0.919. The fourth-order valence-electron chi connectivity index (χ4n) is 2.02. The number of rotatable bonds is 4. The summed E-state index contributed by atoms with van der Waals surface area (Å²) < 4.78 is 5.69. The molecule has 0 saturated carbocycles. The molecule has 0 amide bonds. The Morgan fingerprint density at radius 1 is 1.39 bits per heavy atom. The summed E-state index contributed by atoms with van der Waals surface area (Å²) in [6, 6.07) is 6.22. The Balaban J connectivity index is 1.91. The lowest BCUT2D eigenvalue weighted by molar-refractivity contribution is 0.358. The monoisotopic (exact) mass is 261 g/mol. The van der Waals surface area contributed by atoms with Crippen LogP contribution >= 0.6 is 11.3 Å². The third-order valence-corrected chi connectivity index (χ3v) is 3.81. The highest BCUT2D eigenvalue weighted by atomic mass is 32.1. The maximum atomic E-state index is 5.69. The second-order valence-corrected chi connectivity index (χ2v) is 5.21. The van der Waals surface area contributed by atoms with E-state index >= 15 is 0 Å². The van der Waals surface area contributed by atoms with Gasteiger partial charge in [-0.05, 0) is 18.1 Å². The maximum absolute atomic E-state index is 5.69. The minimum absolute atomic E-state index is 0.770. The highest BCUT2D eigenvalue weighted by Gasteiger charge is 2.19. The summed E-state index contributed by atoms with van der Waals surface area (Å²) in [5.74, 6) is 0.982. The van der Waals surface area contributed by atoms with Gasteiger partial charge in [0.15, 0.2) is 5.01 Å². The molecule has 0 fully saturated rings. The van der Waals surface area contributed by atoms with E-state index in [1.54, 1.807) is 11.3 Å². The van der Waals surface area contributed by atoms with Crippen LogP contribution in [0.15, 0.2) is 18.2 Å². The zero-order valence-electron chi connectivity index (χ0n) is 10.3. The third kappa shape index (κ3) is 2.06. The van der Waals surface area contributed by atoms with Crippen LogP contribution in [-0.2, 0) is 6.42 Å². The Morgan fingerprint density at radius 3 is 3.22 bits per heavy atom. The summed E-state index contributed by atoms with van der Waals surface area (Å²) in [5, 5.41) is 13.5. The SMILES string of the molecule is CCCNc1nnc(-c2cccc3c2OCC3)s1. The molecule has 4 nitrogen and oxygen atoms in total. The van der Waals surface area contributed by atoms with Crippen LogP contribution < -0.4 is 10.1 Å². The molecule has 5 heteroatoms. The highest BCUT2D eigenvalue weighted by Crippen LogP contribution is 2.38. The zero-order chi connectivity index (χ0) is 12.4. The molecule has 1 aliphatic rings. The van der Waals surface area contributed by atoms with Crippen molar-refractivity contribution in [3.05, 3.63) is 23.8 Å². The molecule has 1 aromatic carbocycles. The van der Waals surface area contributed by atoms with Gasteiger partial charge in [0.2, 0.25) is 5.13 Å². The first kappa shape index (κ1) is 11.5. The molecule has 18 heavy (non-hydrogen) atoms. The zero-order valence-corrected chi connectivity index (χ0v) is 11.1. The molecular weight excluding hydrogens is 246 g/mol. The molecule has 0 spiro atoms. The minimum Gasteiger partial charge on any atom is -0.492 e. The van der Waals surface area contributed by atoms with Gasteiger partial charge in [0.05, 0.1) is 12.2 Å². The number of nitrogens with one attached hydrogen (secondary N) is 1. The van der Waals surface area contributed by atoms with E-state index in [9.17, 15) is 0 Å². The molecule has 0 atom stereocenters. The standard InChI is InChI=1S/C13H15N3OS/c1-2-7-14-13-16-15-12(18-13)10-5-3-4-9-6-8-17-11(9)10/h3-5H,2,6-8H2,1H3,(H,14,16). The molecule has 1 N–H and O–H groups in total. The van der Waals surface area contributed by atoms with Crippen molar-refractivity contribution in [1.82, 2.24) is 10.2 Å². The number of aromatic nitrogens is 2. The molecule has 0 aliphatic carbocycles. The number of para-hydroxylation sites is 1. The van der Waals surface area contributed by atoms with Crippen LogP contribution in [0.5, 0.6) is 5.75 Å². The molecule has 0 unspecified atom stereocenters. The number of fused-ring (bicyclic) bond motifs is 1. The van der Waals surface area contributed by atoms with Crippen LogP contribution in [0.1, 0.15) is 18.9 Å². The Kier molecular flexibility index (Phi) is 3.15. The summed E-state index contributed by atoms with van der Waals surface area (Å²) >= 11 is 1.58. The van der Waals surface area contributed by atoms with Gasteiger partial charge in [-0.25, -0.2) is 0 Å². The van der Waals surface area contributed by atoms with Crippen molar-refractivity contribution in [3.63, 3.8) is 0 Å². The molecule has 2 heterocycles. The molecule has 94 valence electrons. The summed E-state index contributed by atoms with van der Waals surface area (Å²) in [5.41, 5.74) is 2.33. The average molecular weight is 261 g/mol. The first-order valence-corrected chi connectivity index (χ1v) is 7.02.